The number of rotatable bonds is 2. The lowest BCUT2D eigenvalue weighted by atomic mass is 10.2. The van der Waals surface area contributed by atoms with E-state index in [-0.39, 0.29) is 6.02 Å². The third-order valence-corrected chi connectivity index (χ3v) is 2.13. The highest BCUT2D eigenvalue weighted by Crippen LogP contribution is 2.20. The summed E-state index contributed by atoms with van der Waals surface area (Å²) in [5.74, 6) is 5.55. The Morgan fingerprint density at radius 3 is 2.79 bits per heavy atom. The Morgan fingerprint density at radius 1 is 1.50 bits per heavy atom. The zero-order chi connectivity index (χ0) is 10.4. The van der Waals surface area contributed by atoms with E-state index in [1.807, 2.05) is 18.2 Å². The molecule has 0 fully saturated rings. The molecule has 6 heteroatoms. The molecule has 14 heavy (non-hydrogen) atoms. The summed E-state index contributed by atoms with van der Waals surface area (Å²) in [6.45, 7) is 0. The van der Waals surface area contributed by atoms with Crippen LogP contribution in [0.15, 0.2) is 34.5 Å². The van der Waals surface area contributed by atoms with Crippen LogP contribution in [0.4, 0.5) is 0 Å². The summed E-state index contributed by atoms with van der Waals surface area (Å²) in [6.07, 6.45) is 0. The van der Waals surface area contributed by atoms with Crippen molar-refractivity contribution >= 4 is 22.0 Å². The van der Waals surface area contributed by atoms with Gasteiger partial charge in [-0.05, 0) is 6.07 Å². The van der Waals surface area contributed by atoms with Gasteiger partial charge in [0.05, 0.1) is 0 Å². The van der Waals surface area contributed by atoms with Gasteiger partial charge in [0, 0.05) is 10.9 Å². The lowest BCUT2D eigenvalue weighted by molar-refractivity contribution is 0.528. The number of ether oxygens (including phenoxy) is 1. The zero-order valence-corrected chi connectivity index (χ0v) is 8.86. The van der Waals surface area contributed by atoms with Crippen LogP contribution in [0.2, 0.25) is 0 Å². The Bertz CT molecular complexity index is 353. The van der Waals surface area contributed by atoms with Gasteiger partial charge in [-0.1, -0.05) is 39.2 Å². The van der Waals surface area contributed by atoms with Crippen LogP contribution in [0.3, 0.4) is 0 Å². The molecule has 0 aromatic heterocycles. The smallest absolute Gasteiger partial charge is 0.357 e. The summed E-state index contributed by atoms with van der Waals surface area (Å²) in [7, 11) is 0. The molecule has 1 rings (SSSR count). The minimum absolute atomic E-state index is 0.168. The number of benzene rings is 1. The number of hydrogen-bond donors (Lipinski definition) is 2. The largest absolute Gasteiger partial charge is 0.422 e. The fourth-order valence-electron chi connectivity index (χ4n) is 0.890. The van der Waals surface area contributed by atoms with Crippen LogP contribution < -0.4 is 10.6 Å². The molecule has 0 aliphatic carbocycles. The molecule has 0 saturated carbocycles. The summed E-state index contributed by atoms with van der Waals surface area (Å²) in [6, 6.07) is 7.19. The fraction of sp³-hybridized carbons (Fsp3) is 0.125. The topological polar surface area (TPSA) is 83.8 Å². The fourth-order valence-corrected chi connectivity index (χ4v) is 1.35. The second kappa shape index (κ2) is 5.33. The average Bonchev–Trinajstić information content (AvgIpc) is 2.26. The van der Waals surface area contributed by atoms with Crippen LogP contribution in [0, 0.1) is 5.53 Å². The molecule has 0 heterocycles. The zero-order valence-electron chi connectivity index (χ0n) is 7.27. The van der Waals surface area contributed by atoms with Crippen molar-refractivity contribution in [2.45, 2.75) is 5.33 Å². The molecule has 0 amide bonds. The highest BCUT2D eigenvalue weighted by atomic mass is 79.9. The molecule has 0 radical (unpaired) electrons. The number of nitrogens with two attached hydrogens (primary N) is 1. The van der Waals surface area contributed by atoms with Crippen LogP contribution in [0.1, 0.15) is 5.56 Å². The van der Waals surface area contributed by atoms with Gasteiger partial charge >= 0.3 is 6.02 Å². The quantitative estimate of drug-likeness (QED) is 0.212. The van der Waals surface area contributed by atoms with Crippen molar-refractivity contribution < 1.29 is 4.74 Å². The Kier molecular flexibility index (Phi) is 4.06. The molecule has 0 bridgehead atoms. The molecule has 1 aromatic rings. The van der Waals surface area contributed by atoms with Gasteiger partial charge < -0.3 is 10.6 Å². The van der Waals surface area contributed by atoms with Crippen molar-refractivity contribution in [2.24, 2.45) is 16.1 Å². The minimum Gasteiger partial charge on any atom is -0.422 e. The van der Waals surface area contributed by atoms with Gasteiger partial charge in [-0.2, -0.15) is 5.53 Å². The highest BCUT2D eigenvalue weighted by Gasteiger charge is 2.04. The van der Waals surface area contributed by atoms with Crippen LogP contribution in [0.25, 0.3) is 0 Å². The Hall–Kier alpha value is -1.43. The van der Waals surface area contributed by atoms with Gasteiger partial charge in [0.2, 0.25) is 0 Å². The van der Waals surface area contributed by atoms with Crippen molar-refractivity contribution in [1.82, 2.24) is 0 Å². The van der Waals surface area contributed by atoms with E-state index in [1.54, 1.807) is 6.07 Å². The summed E-state index contributed by atoms with van der Waals surface area (Å²) >= 11 is 3.31. The maximum Gasteiger partial charge on any atom is 0.357 e. The summed E-state index contributed by atoms with van der Waals surface area (Å²) in [4.78, 5) is 0. The van der Waals surface area contributed by atoms with E-state index in [9.17, 15) is 0 Å². The van der Waals surface area contributed by atoms with E-state index in [0.29, 0.717) is 11.1 Å². The van der Waals surface area contributed by atoms with E-state index >= 15 is 0 Å². The molecular weight excluding hydrogens is 248 g/mol. The predicted octanol–water partition coefficient (Wildman–Crippen LogP) is 2.22. The summed E-state index contributed by atoms with van der Waals surface area (Å²) in [5, 5.41) is 6.87. The molecule has 0 spiro atoms. The van der Waals surface area contributed by atoms with Gasteiger partial charge in [0.1, 0.15) is 5.75 Å². The molecule has 0 saturated heterocycles. The van der Waals surface area contributed by atoms with Crippen LogP contribution in [0.5, 0.6) is 5.75 Å². The first-order chi connectivity index (χ1) is 6.81. The molecule has 3 N–H and O–H groups in total. The highest BCUT2D eigenvalue weighted by molar-refractivity contribution is 9.08. The van der Waals surface area contributed by atoms with Gasteiger partial charge in [0.15, 0.2) is 0 Å². The number of para-hydroxylation sites is 1. The maximum absolute atomic E-state index is 6.71. The molecule has 1 aromatic carbocycles. The van der Waals surface area contributed by atoms with Gasteiger partial charge in [-0.15, -0.1) is 5.10 Å². The van der Waals surface area contributed by atoms with E-state index < -0.39 is 0 Å². The Balaban J connectivity index is 2.90. The number of nitrogens with zero attached hydrogens (tertiary/aromatic N) is 2. The number of amidine groups is 1. The second-order valence-corrected chi connectivity index (χ2v) is 2.93. The third-order valence-electron chi connectivity index (χ3n) is 1.52. The molecule has 5 nitrogen and oxygen atoms in total. The Morgan fingerprint density at radius 2 is 2.21 bits per heavy atom. The summed E-state index contributed by atoms with van der Waals surface area (Å²) < 4.78 is 5.18. The van der Waals surface area contributed by atoms with Crippen LogP contribution in [-0.2, 0) is 5.33 Å². The minimum atomic E-state index is -0.168. The molecular formula is C8H9BrN4O. The number of halogens is 1. The first-order valence-corrected chi connectivity index (χ1v) is 4.91. The normalized spacial score (nSPS) is 11.1. The van der Waals surface area contributed by atoms with E-state index in [1.165, 1.54) is 0 Å². The average molecular weight is 257 g/mol. The molecule has 0 aliphatic heterocycles. The van der Waals surface area contributed by atoms with Gasteiger partial charge in [-0.3, -0.25) is 0 Å². The monoisotopic (exact) mass is 256 g/mol. The van der Waals surface area contributed by atoms with Gasteiger partial charge in [-0.25, -0.2) is 0 Å². The maximum atomic E-state index is 6.71. The predicted molar refractivity (Wildman–Crippen MR) is 56.5 cm³/mol. The van der Waals surface area contributed by atoms with Crippen molar-refractivity contribution in [2.75, 3.05) is 0 Å². The van der Waals surface area contributed by atoms with Gasteiger partial charge in [0.25, 0.3) is 0 Å². The van der Waals surface area contributed by atoms with Crippen molar-refractivity contribution in [3.63, 3.8) is 0 Å². The second-order valence-electron chi connectivity index (χ2n) is 2.37. The third kappa shape index (κ3) is 2.53. The van der Waals surface area contributed by atoms with Crippen molar-refractivity contribution in [3.8, 4) is 5.75 Å². The van der Waals surface area contributed by atoms with Crippen LogP contribution >= 0.6 is 15.9 Å². The first kappa shape index (κ1) is 10.6. The number of alkyl halides is 1. The summed E-state index contributed by atoms with van der Waals surface area (Å²) in [5.41, 5.74) is 7.66. The lowest BCUT2D eigenvalue weighted by Gasteiger charge is -2.06. The molecule has 0 unspecified atom stereocenters. The lowest BCUT2D eigenvalue weighted by Crippen LogP contribution is -2.08. The van der Waals surface area contributed by atoms with Crippen LogP contribution in [-0.4, -0.2) is 6.02 Å². The van der Waals surface area contributed by atoms with Crippen molar-refractivity contribution in [3.05, 3.63) is 29.8 Å². The Labute approximate surface area is 89.6 Å². The molecule has 0 atom stereocenters. The SMILES string of the molecule is N=NC(=NN)Oc1ccccc1CBr. The molecule has 0 aliphatic rings. The van der Waals surface area contributed by atoms with E-state index in [2.05, 4.69) is 26.1 Å². The number of hydrogen-bond acceptors (Lipinski definition) is 4. The van der Waals surface area contributed by atoms with E-state index in [0.717, 1.165) is 5.56 Å². The first-order valence-electron chi connectivity index (χ1n) is 3.79. The molecule has 74 valence electrons. The number of hydrazone groups is 1. The van der Waals surface area contributed by atoms with Crippen molar-refractivity contribution in [1.29, 1.82) is 5.53 Å². The number of nitrogens with one attached hydrogen (secondary N) is 1. The van der Waals surface area contributed by atoms with E-state index in [4.69, 9.17) is 16.1 Å². The standard InChI is InChI=1S/C8H9BrN4O/c9-5-6-3-1-2-4-7(6)14-8(12-10)13-11/h1-4,10H,5,11H2.